The van der Waals surface area contributed by atoms with Gasteiger partial charge in [-0.1, -0.05) is 0 Å². The van der Waals surface area contributed by atoms with E-state index in [9.17, 15) is 0 Å². The van der Waals surface area contributed by atoms with Crippen molar-refractivity contribution in [2.75, 3.05) is 13.1 Å². The maximum absolute atomic E-state index is 4.46. The molecule has 2 aromatic heterocycles. The van der Waals surface area contributed by atoms with Crippen molar-refractivity contribution >= 4 is 34.1 Å². The SMILES string of the molecule is CC(=NCCN=C(C)c1nccs1)c1nccs1. The summed E-state index contributed by atoms with van der Waals surface area (Å²) in [6.07, 6.45) is 3.59. The molecule has 0 amide bonds. The molecule has 0 aliphatic heterocycles. The molecule has 4 nitrogen and oxygen atoms in total. The molecule has 0 aliphatic carbocycles. The minimum Gasteiger partial charge on any atom is -0.285 e. The highest BCUT2D eigenvalue weighted by Gasteiger charge is 2.00. The molecular weight excluding hydrogens is 264 g/mol. The Hall–Kier alpha value is -1.40. The third kappa shape index (κ3) is 3.54. The Morgan fingerprint density at radius 1 is 0.944 bits per heavy atom. The van der Waals surface area contributed by atoms with Crippen molar-refractivity contribution in [2.45, 2.75) is 13.8 Å². The predicted molar refractivity (Wildman–Crippen MR) is 78.4 cm³/mol. The first kappa shape index (κ1) is 13.0. The zero-order valence-corrected chi connectivity index (χ0v) is 12.0. The number of aromatic nitrogens is 2. The van der Waals surface area contributed by atoms with E-state index in [-0.39, 0.29) is 0 Å². The minimum absolute atomic E-state index is 0.689. The van der Waals surface area contributed by atoms with E-state index in [1.807, 2.05) is 24.6 Å². The van der Waals surface area contributed by atoms with Gasteiger partial charge in [0.2, 0.25) is 0 Å². The van der Waals surface area contributed by atoms with Crippen LogP contribution in [0.3, 0.4) is 0 Å². The molecule has 0 N–H and O–H groups in total. The second kappa shape index (κ2) is 6.51. The van der Waals surface area contributed by atoms with Crippen molar-refractivity contribution in [2.24, 2.45) is 9.98 Å². The van der Waals surface area contributed by atoms with Crippen LogP contribution < -0.4 is 0 Å². The molecule has 0 spiro atoms. The van der Waals surface area contributed by atoms with Gasteiger partial charge in [0.1, 0.15) is 10.0 Å². The first-order valence-corrected chi connectivity index (χ1v) is 7.35. The van der Waals surface area contributed by atoms with E-state index in [1.54, 1.807) is 35.1 Å². The highest BCUT2D eigenvalue weighted by Crippen LogP contribution is 2.06. The van der Waals surface area contributed by atoms with Crippen LogP contribution in [0.2, 0.25) is 0 Å². The lowest BCUT2D eigenvalue weighted by molar-refractivity contribution is 0.972. The zero-order valence-electron chi connectivity index (χ0n) is 10.3. The minimum atomic E-state index is 0.689. The van der Waals surface area contributed by atoms with E-state index in [2.05, 4.69) is 20.0 Å². The molecule has 2 heterocycles. The van der Waals surface area contributed by atoms with Crippen molar-refractivity contribution in [3.63, 3.8) is 0 Å². The molecule has 94 valence electrons. The summed E-state index contributed by atoms with van der Waals surface area (Å²) in [4.78, 5) is 17.3. The first-order valence-electron chi connectivity index (χ1n) is 5.59. The molecule has 0 unspecified atom stereocenters. The Bertz CT molecular complexity index is 476. The molecule has 2 aromatic rings. The summed E-state index contributed by atoms with van der Waals surface area (Å²) >= 11 is 3.21. The van der Waals surface area contributed by atoms with Crippen LogP contribution >= 0.6 is 22.7 Å². The van der Waals surface area contributed by atoms with Crippen LogP contribution in [-0.4, -0.2) is 34.5 Å². The Morgan fingerprint density at radius 3 is 1.72 bits per heavy atom. The van der Waals surface area contributed by atoms with Crippen molar-refractivity contribution in [1.82, 2.24) is 9.97 Å². The monoisotopic (exact) mass is 278 g/mol. The maximum atomic E-state index is 4.46. The number of rotatable bonds is 5. The molecule has 18 heavy (non-hydrogen) atoms. The number of thiazole rings is 2. The van der Waals surface area contributed by atoms with Gasteiger partial charge in [-0.05, 0) is 13.8 Å². The average molecular weight is 278 g/mol. The quantitative estimate of drug-likeness (QED) is 0.623. The number of aliphatic imine (C=N–C) groups is 2. The number of nitrogens with zero attached hydrogens (tertiary/aromatic N) is 4. The largest absolute Gasteiger partial charge is 0.285 e. The van der Waals surface area contributed by atoms with Crippen LogP contribution in [0.15, 0.2) is 33.1 Å². The van der Waals surface area contributed by atoms with E-state index in [1.165, 1.54) is 0 Å². The average Bonchev–Trinajstić information content (AvgIpc) is 3.05. The van der Waals surface area contributed by atoms with Gasteiger partial charge in [-0.2, -0.15) is 0 Å². The Balaban J connectivity index is 1.86. The Labute approximate surface area is 114 Å². The third-order valence-electron chi connectivity index (χ3n) is 2.28. The van der Waals surface area contributed by atoms with Crippen LogP contribution in [0.25, 0.3) is 0 Å². The van der Waals surface area contributed by atoms with Gasteiger partial charge in [0, 0.05) is 23.2 Å². The van der Waals surface area contributed by atoms with Crippen LogP contribution in [0.1, 0.15) is 23.9 Å². The van der Waals surface area contributed by atoms with Crippen molar-refractivity contribution in [1.29, 1.82) is 0 Å². The molecular formula is C12H14N4S2. The molecule has 2 rings (SSSR count). The molecule has 0 bridgehead atoms. The van der Waals surface area contributed by atoms with E-state index in [0.717, 1.165) is 21.4 Å². The van der Waals surface area contributed by atoms with Gasteiger partial charge in [0.15, 0.2) is 0 Å². The van der Waals surface area contributed by atoms with Gasteiger partial charge in [-0.3, -0.25) is 9.98 Å². The smallest absolute Gasteiger partial charge is 0.136 e. The molecule has 0 fully saturated rings. The Kier molecular flexibility index (Phi) is 4.72. The maximum Gasteiger partial charge on any atom is 0.136 e. The van der Waals surface area contributed by atoms with E-state index >= 15 is 0 Å². The summed E-state index contributed by atoms with van der Waals surface area (Å²) in [5, 5.41) is 5.88. The summed E-state index contributed by atoms with van der Waals surface area (Å²) in [7, 11) is 0. The van der Waals surface area contributed by atoms with Gasteiger partial charge < -0.3 is 0 Å². The van der Waals surface area contributed by atoms with Gasteiger partial charge in [0.25, 0.3) is 0 Å². The Morgan fingerprint density at radius 2 is 1.39 bits per heavy atom. The summed E-state index contributed by atoms with van der Waals surface area (Å²) < 4.78 is 0. The molecule has 0 radical (unpaired) electrons. The molecule has 0 aromatic carbocycles. The predicted octanol–water partition coefficient (Wildman–Crippen LogP) is 2.92. The highest BCUT2D eigenvalue weighted by atomic mass is 32.1. The van der Waals surface area contributed by atoms with Crippen molar-refractivity contribution in [3.8, 4) is 0 Å². The van der Waals surface area contributed by atoms with E-state index in [4.69, 9.17) is 0 Å². The molecule has 0 saturated heterocycles. The van der Waals surface area contributed by atoms with Gasteiger partial charge in [-0.15, -0.1) is 22.7 Å². The van der Waals surface area contributed by atoms with Crippen molar-refractivity contribution < 1.29 is 0 Å². The number of hydrogen-bond acceptors (Lipinski definition) is 6. The van der Waals surface area contributed by atoms with E-state index < -0.39 is 0 Å². The number of hydrogen-bond donors (Lipinski definition) is 0. The fraction of sp³-hybridized carbons (Fsp3) is 0.333. The lowest BCUT2D eigenvalue weighted by atomic mass is 10.4. The normalized spacial score (nSPS) is 13.0. The summed E-state index contributed by atoms with van der Waals surface area (Å²) in [5.41, 5.74) is 1.96. The van der Waals surface area contributed by atoms with Gasteiger partial charge in [0.05, 0.1) is 24.5 Å². The van der Waals surface area contributed by atoms with Crippen LogP contribution in [-0.2, 0) is 0 Å². The standard InChI is InChI=1S/C12H14N4S2/c1-9(11-15-5-7-17-11)13-3-4-14-10(2)12-16-6-8-18-12/h5-8H,3-4H2,1-2H3. The molecule has 6 heteroatoms. The third-order valence-corrected chi connectivity index (χ3v) is 4.05. The van der Waals surface area contributed by atoms with E-state index in [0.29, 0.717) is 13.1 Å². The van der Waals surface area contributed by atoms with Crippen LogP contribution in [0, 0.1) is 0 Å². The second-order valence-corrected chi connectivity index (χ2v) is 5.40. The summed E-state index contributed by atoms with van der Waals surface area (Å²) in [6, 6.07) is 0. The summed E-state index contributed by atoms with van der Waals surface area (Å²) in [6.45, 7) is 5.34. The second-order valence-electron chi connectivity index (χ2n) is 3.61. The van der Waals surface area contributed by atoms with Gasteiger partial charge >= 0.3 is 0 Å². The van der Waals surface area contributed by atoms with Crippen LogP contribution in [0.5, 0.6) is 0 Å². The van der Waals surface area contributed by atoms with Crippen molar-refractivity contribution in [3.05, 3.63) is 33.2 Å². The first-order chi connectivity index (χ1) is 8.77. The summed E-state index contributed by atoms with van der Waals surface area (Å²) in [5.74, 6) is 0. The van der Waals surface area contributed by atoms with Gasteiger partial charge in [-0.25, -0.2) is 9.97 Å². The lowest BCUT2D eigenvalue weighted by Gasteiger charge is -1.96. The molecule has 0 saturated carbocycles. The fourth-order valence-electron chi connectivity index (χ4n) is 1.37. The fourth-order valence-corrected chi connectivity index (χ4v) is 2.59. The van der Waals surface area contributed by atoms with Crippen LogP contribution in [0.4, 0.5) is 0 Å². The highest BCUT2D eigenvalue weighted by molar-refractivity contribution is 7.12. The zero-order chi connectivity index (χ0) is 12.8. The molecule has 0 aliphatic rings. The lowest BCUT2D eigenvalue weighted by Crippen LogP contribution is -2.00. The topological polar surface area (TPSA) is 50.5 Å². The molecule has 0 atom stereocenters.